The second-order valence-electron chi connectivity index (χ2n) is 6.46. The molecule has 0 spiro atoms. The van der Waals surface area contributed by atoms with Crippen LogP contribution < -0.4 is 19.5 Å². The lowest BCUT2D eigenvalue weighted by Crippen LogP contribution is -2.27. The number of methoxy groups -OCH3 is 3. The summed E-state index contributed by atoms with van der Waals surface area (Å²) in [4.78, 5) is 12.6. The van der Waals surface area contributed by atoms with Gasteiger partial charge in [-0.15, -0.1) is 5.10 Å². The maximum atomic E-state index is 12.6. The Morgan fingerprint density at radius 1 is 1.03 bits per heavy atom. The van der Waals surface area contributed by atoms with E-state index < -0.39 is 0 Å². The topological polar surface area (TPSA) is 87.5 Å². The summed E-state index contributed by atoms with van der Waals surface area (Å²) in [5.41, 5.74) is 2.17. The van der Waals surface area contributed by atoms with Crippen molar-refractivity contribution in [3.05, 3.63) is 65.5 Å². The van der Waals surface area contributed by atoms with Crippen LogP contribution in [0.2, 0.25) is 0 Å². The molecule has 8 heteroatoms. The molecule has 0 bridgehead atoms. The standard InChI is InChI=1S/C21H24N4O4/c1-14(16-7-10-19(28-3)20(11-16)29-4)22-21(26)18-13-25(24-23-18)12-15-5-8-17(27-2)9-6-15/h5-11,13-14H,12H2,1-4H3,(H,22,26). The fourth-order valence-electron chi connectivity index (χ4n) is 2.87. The van der Waals surface area contributed by atoms with E-state index in [-0.39, 0.29) is 17.6 Å². The third-order valence-electron chi connectivity index (χ3n) is 4.53. The fraction of sp³-hybridized carbons (Fsp3) is 0.286. The molecule has 3 rings (SSSR count). The Labute approximate surface area is 169 Å². The van der Waals surface area contributed by atoms with Crippen molar-refractivity contribution in [2.75, 3.05) is 21.3 Å². The highest BCUT2D eigenvalue weighted by molar-refractivity contribution is 5.92. The van der Waals surface area contributed by atoms with Gasteiger partial charge in [-0.25, -0.2) is 4.68 Å². The van der Waals surface area contributed by atoms with Crippen molar-refractivity contribution in [1.29, 1.82) is 0 Å². The van der Waals surface area contributed by atoms with E-state index in [1.807, 2.05) is 49.4 Å². The quantitative estimate of drug-likeness (QED) is 0.630. The summed E-state index contributed by atoms with van der Waals surface area (Å²) in [7, 11) is 4.78. The summed E-state index contributed by atoms with van der Waals surface area (Å²) in [6, 6.07) is 12.9. The van der Waals surface area contributed by atoms with Crippen molar-refractivity contribution in [3.63, 3.8) is 0 Å². The zero-order valence-corrected chi connectivity index (χ0v) is 16.9. The summed E-state index contributed by atoms with van der Waals surface area (Å²) in [6.45, 7) is 2.40. The van der Waals surface area contributed by atoms with Gasteiger partial charge in [0.1, 0.15) is 5.75 Å². The number of aromatic nitrogens is 3. The van der Waals surface area contributed by atoms with Crippen LogP contribution in [-0.4, -0.2) is 42.2 Å². The van der Waals surface area contributed by atoms with Gasteiger partial charge in [0.2, 0.25) is 0 Å². The van der Waals surface area contributed by atoms with Crippen LogP contribution in [0.3, 0.4) is 0 Å². The molecule has 1 amide bonds. The fourth-order valence-corrected chi connectivity index (χ4v) is 2.87. The van der Waals surface area contributed by atoms with Crippen molar-refractivity contribution >= 4 is 5.91 Å². The van der Waals surface area contributed by atoms with Gasteiger partial charge in [-0.3, -0.25) is 4.79 Å². The van der Waals surface area contributed by atoms with Gasteiger partial charge in [0.25, 0.3) is 5.91 Å². The number of hydrogen-bond acceptors (Lipinski definition) is 6. The smallest absolute Gasteiger partial charge is 0.273 e. The first-order chi connectivity index (χ1) is 14.0. The Bertz CT molecular complexity index is 969. The van der Waals surface area contributed by atoms with E-state index in [1.165, 1.54) is 0 Å². The lowest BCUT2D eigenvalue weighted by molar-refractivity contribution is 0.0934. The lowest BCUT2D eigenvalue weighted by atomic mass is 10.1. The van der Waals surface area contributed by atoms with Gasteiger partial charge in [0.15, 0.2) is 17.2 Å². The summed E-state index contributed by atoms with van der Waals surface area (Å²) >= 11 is 0. The second-order valence-corrected chi connectivity index (χ2v) is 6.46. The molecule has 0 fully saturated rings. The monoisotopic (exact) mass is 396 g/mol. The number of amides is 1. The Morgan fingerprint density at radius 2 is 1.76 bits per heavy atom. The van der Waals surface area contributed by atoms with Crippen LogP contribution in [0.25, 0.3) is 0 Å². The highest BCUT2D eigenvalue weighted by Gasteiger charge is 2.16. The first-order valence-corrected chi connectivity index (χ1v) is 9.10. The number of rotatable bonds is 8. The van der Waals surface area contributed by atoms with E-state index in [9.17, 15) is 4.79 Å². The minimum atomic E-state index is -0.298. The van der Waals surface area contributed by atoms with Gasteiger partial charge < -0.3 is 19.5 Å². The van der Waals surface area contributed by atoms with Crippen molar-refractivity contribution < 1.29 is 19.0 Å². The molecule has 1 heterocycles. The minimum Gasteiger partial charge on any atom is -0.497 e. The van der Waals surface area contributed by atoms with Gasteiger partial charge in [0.05, 0.1) is 40.1 Å². The molecule has 0 saturated heterocycles. The van der Waals surface area contributed by atoms with E-state index in [0.717, 1.165) is 16.9 Å². The molecular weight excluding hydrogens is 372 g/mol. The van der Waals surface area contributed by atoms with Crippen LogP contribution in [0.15, 0.2) is 48.7 Å². The molecule has 29 heavy (non-hydrogen) atoms. The van der Waals surface area contributed by atoms with E-state index in [2.05, 4.69) is 15.6 Å². The van der Waals surface area contributed by atoms with Crippen LogP contribution in [0, 0.1) is 0 Å². The van der Waals surface area contributed by atoms with Crippen LogP contribution >= 0.6 is 0 Å². The molecule has 1 aromatic heterocycles. The molecule has 0 radical (unpaired) electrons. The number of benzene rings is 2. The molecule has 1 atom stereocenters. The van der Waals surface area contributed by atoms with Crippen molar-refractivity contribution in [3.8, 4) is 17.2 Å². The normalized spacial score (nSPS) is 11.6. The summed E-state index contributed by atoms with van der Waals surface area (Å²) in [6.07, 6.45) is 1.63. The number of ether oxygens (including phenoxy) is 3. The van der Waals surface area contributed by atoms with Crippen molar-refractivity contribution in [2.24, 2.45) is 0 Å². The lowest BCUT2D eigenvalue weighted by Gasteiger charge is -2.15. The maximum Gasteiger partial charge on any atom is 0.273 e. The predicted octanol–water partition coefficient (Wildman–Crippen LogP) is 2.84. The van der Waals surface area contributed by atoms with Crippen molar-refractivity contribution in [1.82, 2.24) is 20.3 Å². The van der Waals surface area contributed by atoms with Crippen LogP contribution in [0.5, 0.6) is 17.2 Å². The third kappa shape index (κ3) is 4.84. The zero-order valence-electron chi connectivity index (χ0n) is 16.9. The minimum absolute atomic E-state index is 0.242. The molecule has 1 N–H and O–H groups in total. The third-order valence-corrected chi connectivity index (χ3v) is 4.53. The average molecular weight is 396 g/mol. The van der Waals surface area contributed by atoms with Gasteiger partial charge >= 0.3 is 0 Å². The molecule has 152 valence electrons. The molecule has 3 aromatic rings. The molecule has 8 nitrogen and oxygen atoms in total. The Morgan fingerprint density at radius 3 is 2.41 bits per heavy atom. The summed E-state index contributed by atoms with van der Waals surface area (Å²) in [5.74, 6) is 1.73. The zero-order chi connectivity index (χ0) is 20.8. The first-order valence-electron chi connectivity index (χ1n) is 9.10. The van der Waals surface area contributed by atoms with Crippen LogP contribution in [-0.2, 0) is 6.54 Å². The molecule has 1 unspecified atom stereocenters. The number of carbonyl (C=O) groups is 1. The number of carbonyl (C=O) groups excluding carboxylic acids is 1. The second kappa shape index (κ2) is 9.09. The number of hydrogen-bond donors (Lipinski definition) is 1. The highest BCUT2D eigenvalue weighted by Crippen LogP contribution is 2.29. The first kappa shape index (κ1) is 20.2. The molecule has 0 aliphatic heterocycles. The largest absolute Gasteiger partial charge is 0.497 e. The molecule has 0 aliphatic carbocycles. The van der Waals surface area contributed by atoms with E-state index in [4.69, 9.17) is 14.2 Å². The summed E-state index contributed by atoms with van der Waals surface area (Å²) in [5, 5.41) is 11.0. The maximum absolute atomic E-state index is 12.6. The highest BCUT2D eigenvalue weighted by atomic mass is 16.5. The van der Waals surface area contributed by atoms with Gasteiger partial charge in [-0.05, 0) is 42.3 Å². The van der Waals surface area contributed by atoms with E-state index in [1.54, 1.807) is 32.2 Å². The number of nitrogens with one attached hydrogen (secondary N) is 1. The van der Waals surface area contributed by atoms with Gasteiger partial charge in [-0.1, -0.05) is 23.4 Å². The Balaban J connectivity index is 1.65. The van der Waals surface area contributed by atoms with Crippen LogP contribution in [0.4, 0.5) is 0 Å². The van der Waals surface area contributed by atoms with Crippen molar-refractivity contribution in [2.45, 2.75) is 19.5 Å². The molecule has 0 aliphatic rings. The molecular formula is C21H24N4O4. The Hall–Kier alpha value is -3.55. The number of nitrogens with zero attached hydrogens (tertiary/aromatic N) is 3. The Kier molecular flexibility index (Phi) is 6.33. The van der Waals surface area contributed by atoms with E-state index >= 15 is 0 Å². The average Bonchev–Trinajstić information content (AvgIpc) is 3.22. The van der Waals surface area contributed by atoms with E-state index in [0.29, 0.717) is 18.0 Å². The molecule has 0 saturated carbocycles. The predicted molar refractivity (Wildman–Crippen MR) is 108 cm³/mol. The van der Waals surface area contributed by atoms with Gasteiger partial charge in [-0.2, -0.15) is 0 Å². The van der Waals surface area contributed by atoms with Gasteiger partial charge in [0, 0.05) is 0 Å². The van der Waals surface area contributed by atoms with Crippen LogP contribution in [0.1, 0.15) is 34.6 Å². The SMILES string of the molecule is COc1ccc(Cn2cc(C(=O)NC(C)c3ccc(OC)c(OC)c3)nn2)cc1. The molecule has 2 aromatic carbocycles. The summed E-state index contributed by atoms with van der Waals surface area (Å²) < 4.78 is 17.3.